The van der Waals surface area contributed by atoms with E-state index in [-0.39, 0.29) is 63.5 Å². The molecule has 0 fully saturated rings. The first-order valence-electron chi connectivity index (χ1n) is 17.2. The minimum Gasteiger partial charge on any atom is -0.872 e. The van der Waals surface area contributed by atoms with E-state index in [1.54, 1.807) is 48.5 Å². The number of para-hydroxylation sites is 1. The summed E-state index contributed by atoms with van der Waals surface area (Å²) in [4.78, 5) is 26.4. The number of nitrogens with one attached hydrogen (secondary N) is 3. The van der Waals surface area contributed by atoms with Gasteiger partial charge in [0.05, 0.1) is 27.5 Å². The van der Waals surface area contributed by atoms with E-state index < -0.39 is 70.1 Å². The third kappa shape index (κ3) is 10.6. The van der Waals surface area contributed by atoms with Gasteiger partial charge in [0.2, 0.25) is 21.9 Å². The number of hydrogen-bond donors (Lipinski definition) is 8. The predicted molar refractivity (Wildman–Crippen MR) is 217 cm³/mol. The maximum atomic E-state index is 12.5. The number of fused-ring (bicyclic) bond motifs is 1. The normalized spacial score (nSPS) is 12.1. The molecule has 0 aliphatic rings. The molecule has 9 N–H and O–H groups in total. The van der Waals surface area contributed by atoms with Crippen molar-refractivity contribution in [1.82, 2.24) is 15.0 Å². The number of aromatic carboxylic acids is 1. The van der Waals surface area contributed by atoms with Gasteiger partial charge >= 0.3 is 35.5 Å². The van der Waals surface area contributed by atoms with Gasteiger partial charge in [-0.05, 0) is 96.4 Å². The largest absolute Gasteiger partial charge is 1.00 e. The van der Waals surface area contributed by atoms with Crippen LogP contribution in [0.2, 0.25) is 0 Å². The molecule has 24 heteroatoms. The van der Waals surface area contributed by atoms with E-state index in [0.717, 1.165) is 36.4 Å². The second-order valence-electron chi connectivity index (χ2n) is 12.7. The minimum atomic E-state index is -5.06. The number of carboxylic acid groups (broad SMARTS) is 1. The number of phenols is 2. The quantitative estimate of drug-likeness (QED) is 0.0494. The van der Waals surface area contributed by atoms with Gasteiger partial charge in [-0.25, -0.2) is 23.3 Å². The van der Waals surface area contributed by atoms with Crippen LogP contribution in [0.5, 0.6) is 17.2 Å². The molecule has 0 aliphatic carbocycles. The van der Waals surface area contributed by atoms with Crippen molar-refractivity contribution < 1.29 is 76.2 Å². The Hall–Kier alpha value is -7.12. The maximum Gasteiger partial charge on any atom is 1.00 e. The standard InChI is InChI=1S/C38H29N11O10S2.Na/c39-60(55,56)26-12-15-31(51)29(19-26)48-49-33-32(61(57,58)59)17-20-16-24(10-13-27(20)34(33)52)42-38-44-36(40-21-4-2-1-3-5-21)43-37(45-38)41-22-6-8-23(9-7-22)46-47-25-11-14-30(50)28(18-25)35(53)54;/h1-19,50-52H,(H,53,54)(H2,39,55,56)(H,57,58,59)(H3,40,41,42,43,44,45);/q;+1/p-1. The maximum absolute atomic E-state index is 12.5. The van der Waals surface area contributed by atoms with Crippen LogP contribution in [0.15, 0.2) is 151 Å². The van der Waals surface area contributed by atoms with Crippen LogP contribution in [0.25, 0.3) is 10.8 Å². The van der Waals surface area contributed by atoms with E-state index in [0.29, 0.717) is 22.7 Å². The minimum absolute atomic E-state index is 0. The average Bonchev–Trinajstić information content (AvgIpc) is 3.20. The fraction of sp³-hybridized carbons (Fsp3) is 0. The van der Waals surface area contributed by atoms with E-state index in [4.69, 9.17) is 5.14 Å². The Morgan fingerprint density at radius 1 is 0.726 bits per heavy atom. The molecule has 1 aromatic heterocycles. The second-order valence-corrected chi connectivity index (χ2v) is 15.6. The number of aromatic hydroxyl groups is 2. The zero-order chi connectivity index (χ0) is 43.5. The molecule has 308 valence electrons. The number of sulfonamides is 1. The van der Waals surface area contributed by atoms with E-state index >= 15 is 0 Å². The summed E-state index contributed by atoms with van der Waals surface area (Å²) in [5.41, 5.74) is 0.435. The molecule has 0 unspecified atom stereocenters. The van der Waals surface area contributed by atoms with Gasteiger partial charge in [0, 0.05) is 16.8 Å². The summed E-state index contributed by atoms with van der Waals surface area (Å²) in [6, 6.07) is 27.3. The number of nitrogens with two attached hydrogens (primary N) is 1. The van der Waals surface area contributed by atoms with Crippen LogP contribution in [0.1, 0.15) is 10.4 Å². The fourth-order valence-corrected chi connectivity index (χ4v) is 6.71. The Bertz CT molecular complexity index is 3230. The van der Waals surface area contributed by atoms with Gasteiger partial charge in [-0.2, -0.15) is 28.6 Å². The fourth-order valence-electron chi connectivity index (χ4n) is 5.51. The van der Waals surface area contributed by atoms with Crippen molar-refractivity contribution in [3.05, 3.63) is 126 Å². The van der Waals surface area contributed by atoms with Gasteiger partial charge in [0.1, 0.15) is 22.0 Å². The molecular weight excluding hydrogens is 858 g/mol. The number of rotatable bonds is 12. The van der Waals surface area contributed by atoms with Crippen molar-refractivity contribution in [3.63, 3.8) is 0 Å². The Balaban J connectivity index is 0.00000641. The van der Waals surface area contributed by atoms with Crippen LogP contribution in [-0.4, -0.2) is 57.6 Å². The molecule has 21 nitrogen and oxygen atoms in total. The number of carbonyl (C=O) groups is 1. The van der Waals surface area contributed by atoms with Crippen molar-refractivity contribution in [2.24, 2.45) is 30.6 Å². The number of H-pyrrole nitrogens is 1. The van der Waals surface area contributed by atoms with Gasteiger partial charge < -0.3 is 31.1 Å². The smallest absolute Gasteiger partial charge is 0.872 e. The summed E-state index contributed by atoms with van der Waals surface area (Å²) in [5, 5.41) is 69.4. The Kier molecular flexibility index (Phi) is 13.1. The molecule has 7 aromatic rings. The molecule has 0 amide bonds. The monoisotopic (exact) mass is 885 g/mol. The van der Waals surface area contributed by atoms with Crippen LogP contribution in [-0.2, 0) is 20.1 Å². The summed E-state index contributed by atoms with van der Waals surface area (Å²) >= 11 is 0. The molecule has 6 aromatic carbocycles. The third-order valence-corrected chi connectivity index (χ3v) is 10.2. The summed E-state index contributed by atoms with van der Waals surface area (Å²) in [7, 11) is -9.28. The Morgan fingerprint density at radius 3 is 2.03 bits per heavy atom. The van der Waals surface area contributed by atoms with Crippen molar-refractivity contribution in [2.45, 2.75) is 9.79 Å². The molecule has 62 heavy (non-hydrogen) atoms. The number of azo groups is 2. The molecule has 0 saturated carbocycles. The number of nitrogens with zero attached hydrogens (tertiary/aromatic N) is 7. The van der Waals surface area contributed by atoms with Crippen LogP contribution < -0.4 is 56.1 Å². The van der Waals surface area contributed by atoms with Crippen LogP contribution in [0.3, 0.4) is 0 Å². The topological polar surface area (TPSA) is 343 Å². The number of aromatic nitrogens is 3. The van der Waals surface area contributed by atoms with Crippen LogP contribution in [0, 0.1) is 0 Å². The van der Waals surface area contributed by atoms with E-state index in [9.17, 15) is 46.6 Å². The van der Waals surface area contributed by atoms with Crippen LogP contribution in [0.4, 0.5) is 51.7 Å². The molecule has 0 radical (unpaired) electrons. The first kappa shape index (κ1) is 44.4. The molecule has 0 atom stereocenters. The van der Waals surface area contributed by atoms with E-state index in [1.165, 1.54) is 24.3 Å². The first-order chi connectivity index (χ1) is 29.0. The van der Waals surface area contributed by atoms with Crippen molar-refractivity contribution >= 4 is 88.6 Å². The third-order valence-electron chi connectivity index (χ3n) is 8.38. The summed E-state index contributed by atoms with van der Waals surface area (Å²) in [6.07, 6.45) is 0. The summed E-state index contributed by atoms with van der Waals surface area (Å²) in [5.74, 6) is -3.01. The van der Waals surface area contributed by atoms with Crippen molar-refractivity contribution in [2.75, 3.05) is 10.6 Å². The van der Waals surface area contributed by atoms with Gasteiger partial charge in [-0.15, -0.1) is 10.2 Å². The number of benzene rings is 6. The molecular formula is C38H28N11NaO10S2. The molecule has 0 spiro atoms. The number of aromatic amines is 1. The summed E-state index contributed by atoms with van der Waals surface area (Å²) < 4.78 is 58.7. The van der Waals surface area contributed by atoms with E-state index in [2.05, 4.69) is 51.0 Å². The van der Waals surface area contributed by atoms with Crippen molar-refractivity contribution in [1.29, 1.82) is 0 Å². The van der Waals surface area contributed by atoms with Gasteiger partial charge in [0.15, 0.2) is 5.75 Å². The Labute approximate surface area is 372 Å². The second kappa shape index (κ2) is 18.2. The van der Waals surface area contributed by atoms with Gasteiger partial charge in [-0.1, -0.05) is 30.0 Å². The van der Waals surface area contributed by atoms with Gasteiger partial charge in [-0.3, -0.25) is 9.54 Å². The molecule has 0 saturated heterocycles. The zero-order valence-electron chi connectivity index (χ0n) is 31.7. The number of carboxylic acids is 1. The first-order valence-corrected chi connectivity index (χ1v) is 20.2. The van der Waals surface area contributed by atoms with Crippen molar-refractivity contribution in [3.8, 4) is 17.2 Å². The van der Waals surface area contributed by atoms with E-state index in [1.807, 2.05) is 6.07 Å². The SMILES string of the molecule is NS(=O)(=O)c1ccc(O)c(N=Nc2c(S(=O)(=O)O)cc3cc(Nc4nc(=Nc5ccccc5)nc(Nc5ccc(N=Nc6ccc([O-])c(C(=O)O)c6)cc5)[nH]4)ccc3c2O)c1.[Na+]. The Morgan fingerprint density at radius 2 is 1.37 bits per heavy atom. The number of primary sulfonamides is 1. The number of hydrogen-bond acceptors (Lipinski definition) is 17. The zero-order valence-corrected chi connectivity index (χ0v) is 35.4. The average molecular weight is 886 g/mol. The molecule has 0 aliphatic heterocycles. The number of anilines is 4. The summed E-state index contributed by atoms with van der Waals surface area (Å²) in [6.45, 7) is 0. The predicted octanol–water partition coefficient (Wildman–Crippen LogP) is 3.59. The molecule has 7 rings (SSSR count). The molecule has 1 heterocycles. The molecule has 0 bridgehead atoms. The number of phenolic OH excluding ortho intramolecular Hbond substituents is 2. The van der Waals surface area contributed by atoms with Gasteiger partial charge in [0.25, 0.3) is 15.7 Å². The van der Waals surface area contributed by atoms with Crippen LogP contribution >= 0.6 is 0 Å².